The number of benzene rings is 8. The van der Waals surface area contributed by atoms with Crippen molar-refractivity contribution >= 4 is 77.6 Å². The van der Waals surface area contributed by atoms with E-state index >= 15 is 0 Å². The van der Waals surface area contributed by atoms with E-state index in [2.05, 4.69) is 251 Å². The minimum Gasteiger partial charge on any atom is -0.349 e. The van der Waals surface area contributed by atoms with E-state index in [9.17, 15) is 0 Å². The van der Waals surface area contributed by atoms with Gasteiger partial charge in [-0.05, 0) is 116 Å². The van der Waals surface area contributed by atoms with Gasteiger partial charge in [-0.25, -0.2) is 0 Å². The second-order valence-corrected chi connectivity index (χ2v) is 27.6. The zero-order valence-electron chi connectivity index (χ0n) is 43.8. The van der Waals surface area contributed by atoms with Crippen LogP contribution in [-0.4, -0.2) is 27.2 Å². The molecule has 74 heavy (non-hydrogen) atoms. The molecule has 7 heteroatoms. The molecule has 4 nitrogen and oxygen atoms in total. The Hall–Kier alpha value is -6.73. The van der Waals surface area contributed by atoms with Crippen LogP contribution in [0.4, 0.5) is 0 Å². The molecule has 0 N–H and O–H groups in total. The summed E-state index contributed by atoms with van der Waals surface area (Å²) >= 11 is 1.86. The van der Waals surface area contributed by atoms with Crippen molar-refractivity contribution in [3.63, 3.8) is 0 Å². The molecule has 371 valence electrons. The summed E-state index contributed by atoms with van der Waals surface area (Å²) < 4.78 is 7.37. The first kappa shape index (κ1) is 50.8. The first-order valence-electron chi connectivity index (χ1n) is 25.9. The van der Waals surface area contributed by atoms with Crippen molar-refractivity contribution in [3.8, 4) is 45.1 Å². The molecule has 4 heterocycles. The minimum absolute atomic E-state index is 0. The smallest absolute Gasteiger partial charge is 0.0798 e. The fourth-order valence-electron chi connectivity index (χ4n) is 10.8. The van der Waals surface area contributed by atoms with E-state index in [0.29, 0.717) is 5.92 Å². The van der Waals surface area contributed by atoms with E-state index in [1.54, 1.807) is 0 Å². The van der Waals surface area contributed by atoms with Crippen LogP contribution in [0, 0.1) is 18.1 Å². The SMILES string of the molecule is CC(C)Cc1cc(-c2[c-]cccc2)ncc1[Si](C)(C)C.CC(C)c1cc(-c2ccccc2)cc(C(C)C)c1-n1c(-c2[c-]cc(-n3c4ccccc4c4ccccc43)c3sc4ccccc4c23)nc2ccccc21.[Ir]. The van der Waals surface area contributed by atoms with Crippen LogP contribution in [0.1, 0.15) is 70.1 Å². The fraction of sp³-hybridized carbons (Fsp3) is 0.194. The van der Waals surface area contributed by atoms with Crippen LogP contribution < -0.4 is 5.19 Å². The largest absolute Gasteiger partial charge is 0.349 e. The van der Waals surface area contributed by atoms with Crippen LogP contribution in [0.5, 0.6) is 0 Å². The summed E-state index contributed by atoms with van der Waals surface area (Å²) in [5.74, 6) is 2.15. The van der Waals surface area contributed by atoms with Crippen LogP contribution in [0.15, 0.2) is 182 Å². The van der Waals surface area contributed by atoms with E-state index in [4.69, 9.17) is 4.98 Å². The predicted molar refractivity (Wildman–Crippen MR) is 316 cm³/mol. The van der Waals surface area contributed by atoms with Gasteiger partial charge in [0.1, 0.15) is 0 Å². The van der Waals surface area contributed by atoms with Crippen LogP contribution >= 0.6 is 11.3 Å². The molecule has 0 amide bonds. The van der Waals surface area contributed by atoms with Gasteiger partial charge in [0, 0.05) is 58.5 Å². The second kappa shape index (κ2) is 20.9. The third kappa shape index (κ3) is 9.41. The molecule has 0 bridgehead atoms. The molecule has 0 saturated carbocycles. The minimum atomic E-state index is -1.34. The Bertz CT molecular complexity index is 3890. The first-order valence-corrected chi connectivity index (χ1v) is 30.2. The van der Waals surface area contributed by atoms with E-state index in [1.807, 2.05) is 29.5 Å². The molecule has 0 saturated heterocycles. The predicted octanol–water partition coefficient (Wildman–Crippen LogP) is 18.2. The maximum absolute atomic E-state index is 5.50. The number of nitrogens with zero attached hydrogens (tertiary/aromatic N) is 4. The Morgan fingerprint density at radius 2 is 1.19 bits per heavy atom. The topological polar surface area (TPSA) is 35.6 Å². The average Bonchev–Trinajstić information content (AvgIpc) is 4.09. The summed E-state index contributed by atoms with van der Waals surface area (Å²) in [6.45, 7) is 21.0. The zero-order valence-corrected chi connectivity index (χ0v) is 48.0. The van der Waals surface area contributed by atoms with Gasteiger partial charge >= 0.3 is 0 Å². The normalized spacial score (nSPS) is 11.9. The molecule has 12 aromatic rings. The molecular weight excluding hydrogens is 1110 g/mol. The Morgan fingerprint density at radius 1 is 0.595 bits per heavy atom. The van der Waals surface area contributed by atoms with Crippen molar-refractivity contribution in [1.82, 2.24) is 19.1 Å². The van der Waals surface area contributed by atoms with Gasteiger partial charge in [0.15, 0.2) is 0 Å². The maximum Gasteiger partial charge on any atom is 0.0798 e. The summed E-state index contributed by atoms with van der Waals surface area (Å²) in [5.41, 5.74) is 16.6. The molecule has 8 aromatic carbocycles. The van der Waals surface area contributed by atoms with Gasteiger partial charge in [-0.2, -0.15) is 11.3 Å². The Kier molecular flexibility index (Phi) is 14.3. The number of thiophene rings is 1. The van der Waals surface area contributed by atoms with E-state index in [0.717, 1.165) is 45.8 Å². The molecular formula is C67H62IrN4SSi-2. The fourth-order valence-corrected chi connectivity index (χ4v) is 13.6. The molecule has 0 unspecified atom stereocenters. The Morgan fingerprint density at radius 3 is 1.81 bits per heavy atom. The van der Waals surface area contributed by atoms with Gasteiger partial charge in [0.05, 0.1) is 24.9 Å². The van der Waals surface area contributed by atoms with E-state index in [1.165, 1.54) is 80.7 Å². The molecule has 0 atom stereocenters. The van der Waals surface area contributed by atoms with Crippen molar-refractivity contribution in [3.05, 3.63) is 211 Å². The molecule has 4 aromatic heterocycles. The van der Waals surface area contributed by atoms with E-state index < -0.39 is 8.07 Å². The van der Waals surface area contributed by atoms with Gasteiger partial charge in [-0.3, -0.25) is 4.98 Å². The molecule has 0 spiro atoms. The van der Waals surface area contributed by atoms with Gasteiger partial charge < -0.3 is 14.1 Å². The number of fused-ring (bicyclic) bond motifs is 7. The van der Waals surface area contributed by atoms with Crippen molar-refractivity contribution in [1.29, 1.82) is 0 Å². The molecule has 12 rings (SSSR count). The number of para-hydroxylation sites is 4. The summed E-state index contributed by atoms with van der Waals surface area (Å²) in [4.78, 5) is 10.2. The van der Waals surface area contributed by atoms with Crippen molar-refractivity contribution in [2.45, 2.75) is 79.4 Å². The first-order chi connectivity index (χ1) is 35.4. The number of hydrogen-bond acceptors (Lipinski definition) is 3. The van der Waals surface area contributed by atoms with Gasteiger partial charge in [-0.1, -0.05) is 181 Å². The number of imidazole rings is 1. The number of aromatic nitrogens is 4. The molecule has 0 aliphatic rings. The Labute approximate surface area is 455 Å². The zero-order chi connectivity index (χ0) is 50.5. The van der Waals surface area contributed by atoms with Crippen molar-refractivity contribution in [2.75, 3.05) is 0 Å². The second-order valence-electron chi connectivity index (χ2n) is 21.5. The van der Waals surface area contributed by atoms with Gasteiger partial charge in [0.25, 0.3) is 0 Å². The molecule has 0 aliphatic heterocycles. The van der Waals surface area contributed by atoms with Crippen molar-refractivity contribution in [2.24, 2.45) is 5.92 Å². The summed E-state index contributed by atoms with van der Waals surface area (Å²) in [7, 11) is -1.34. The average molecular weight is 1180 g/mol. The standard InChI is InChI=1S/C49H38N3S.C18H24NSi.Ir/c1-30(2)38-28-33(32-16-6-5-7-17-32)29-39(31(3)4)47(38)52-43-24-14-11-21-40(43)50-49(52)37-26-27-44(48-46(37)36-20-10-15-25-45(36)53-48)51-41-22-12-8-18-34(41)35-19-9-13-23-42(35)51;1-14(2)11-16-12-17(15-9-7-6-8-10-15)19-13-18(16)20(3,4)5;/h5-25,27-31H,1-4H3;6-9,12-14H,11H2,1-5H3;/q2*-1;. The third-order valence-corrected chi connectivity index (χ3v) is 17.5. The van der Waals surface area contributed by atoms with Gasteiger partial charge in [-0.15, -0.1) is 48.0 Å². The summed E-state index contributed by atoms with van der Waals surface area (Å²) in [5, 5.41) is 6.42. The monoisotopic (exact) mass is 1180 g/mol. The molecule has 0 aliphatic carbocycles. The number of rotatable bonds is 10. The van der Waals surface area contributed by atoms with E-state index in [-0.39, 0.29) is 31.9 Å². The van der Waals surface area contributed by atoms with Crippen molar-refractivity contribution < 1.29 is 20.1 Å². The van der Waals surface area contributed by atoms with Crippen LogP contribution in [0.25, 0.3) is 98.2 Å². The number of hydrogen-bond donors (Lipinski definition) is 0. The quantitative estimate of drug-likeness (QED) is 0.101. The molecule has 0 fully saturated rings. The molecule has 1 radical (unpaired) electrons. The maximum atomic E-state index is 5.50. The number of pyridine rings is 1. The third-order valence-electron chi connectivity index (χ3n) is 14.2. The van der Waals surface area contributed by atoms with Crippen LogP contribution in [0.3, 0.4) is 0 Å². The van der Waals surface area contributed by atoms with Crippen LogP contribution in [0.2, 0.25) is 19.6 Å². The Balaban J connectivity index is 0.000000252. The summed E-state index contributed by atoms with van der Waals surface area (Å²) in [6, 6.07) is 70.2. The summed E-state index contributed by atoms with van der Waals surface area (Å²) in [6.07, 6.45) is 3.24. The van der Waals surface area contributed by atoms with Crippen LogP contribution in [-0.2, 0) is 26.5 Å². The van der Waals surface area contributed by atoms with Gasteiger partial charge in [0.2, 0.25) is 0 Å².